The third-order valence-electron chi connectivity index (χ3n) is 2.17. The molecule has 1 aromatic carbocycles. The van der Waals surface area contributed by atoms with Gasteiger partial charge >= 0.3 is 0 Å². The van der Waals surface area contributed by atoms with Crippen molar-refractivity contribution in [1.82, 2.24) is 4.90 Å². The van der Waals surface area contributed by atoms with Crippen molar-refractivity contribution in [3.8, 4) is 0 Å². The van der Waals surface area contributed by atoms with Crippen LogP contribution in [0.5, 0.6) is 0 Å². The molecule has 0 aliphatic carbocycles. The van der Waals surface area contributed by atoms with Crippen LogP contribution in [0.3, 0.4) is 0 Å². The Balaban J connectivity index is 2.02. The van der Waals surface area contributed by atoms with Gasteiger partial charge in [-0.25, -0.2) is 0 Å². The normalized spacial score (nSPS) is 15.2. The Morgan fingerprint density at radius 1 is 1.40 bits per heavy atom. The molecule has 0 saturated heterocycles. The van der Waals surface area contributed by atoms with E-state index in [0.29, 0.717) is 11.4 Å². The van der Waals surface area contributed by atoms with Gasteiger partial charge in [-0.2, -0.15) is 0 Å². The van der Waals surface area contributed by atoms with Crippen LogP contribution >= 0.6 is 11.8 Å². The SMILES string of the molecule is O=C(CN1CSC=C1O)c1ccccc1. The second-order valence-electron chi connectivity index (χ2n) is 3.26. The smallest absolute Gasteiger partial charge is 0.194 e. The Morgan fingerprint density at radius 2 is 2.13 bits per heavy atom. The second kappa shape index (κ2) is 4.40. The summed E-state index contributed by atoms with van der Waals surface area (Å²) in [6, 6.07) is 9.11. The molecule has 3 nitrogen and oxygen atoms in total. The summed E-state index contributed by atoms with van der Waals surface area (Å²) in [7, 11) is 0. The highest BCUT2D eigenvalue weighted by molar-refractivity contribution is 8.02. The van der Waals surface area contributed by atoms with Crippen LogP contribution in [0.1, 0.15) is 10.4 Å². The molecule has 1 aliphatic heterocycles. The van der Waals surface area contributed by atoms with Gasteiger partial charge in [-0.3, -0.25) is 4.79 Å². The lowest BCUT2D eigenvalue weighted by Crippen LogP contribution is -2.26. The van der Waals surface area contributed by atoms with Gasteiger partial charge < -0.3 is 10.0 Å². The Kier molecular flexibility index (Phi) is 2.97. The second-order valence-corrected chi connectivity index (χ2v) is 4.09. The van der Waals surface area contributed by atoms with Crippen LogP contribution in [-0.4, -0.2) is 28.2 Å². The van der Waals surface area contributed by atoms with Crippen LogP contribution in [-0.2, 0) is 0 Å². The molecule has 78 valence electrons. The molecule has 1 N–H and O–H groups in total. The minimum absolute atomic E-state index is 0.0260. The molecule has 0 saturated carbocycles. The fraction of sp³-hybridized carbons (Fsp3) is 0.182. The van der Waals surface area contributed by atoms with Crippen LogP contribution in [0.25, 0.3) is 0 Å². The molecule has 0 unspecified atom stereocenters. The first-order valence-electron chi connectivity index (χ1n) is 4.61. The lowest BCUT2D eigenvalue weighted by atomic mass is 10.1. The fourth-order valence-electron chi connectivity index (χ4n) is 1.36. The summed E-state index contributed by atoms with van der Waals surface area (Å²) in [5.41, 5.74) is 0.683. The van der Waals surface area contributed by atoms with E-state index in [1.165, 1.54) is 11.8 Å². The number of Topliss-reactive ketones (excluding diaryl/α,β-unsaturated/α-hetero) is 1. The zero-order valence-corrected chi connectivity index (χ0v) is 8.91. The molecular formula is C11H11NO2S. The largest absolute Gasteiger partial charge is 0.494 e. The molecule has 0 radical (unpaired) electrons. The Hall–Kier alpha value is -1.42. The molecule has 1 aromatic rings. The van der Waals surface area contributed by atoms with Crippen molar-refractivity contribution in [2.75, 3.05) is 12.4 Å². The van der Waals surface area contributed by atoms with Gasteiger partial charge in [-0.1, -0.05) is 30.3 Å². The fourth-order valence-corrected chi connectivity index (χ4v) is 2.13. The van der Waals surface area contributed by atoms with Crippen molar-refractivity contribution in [2.24, 2.45) is 0 Å². The Labute approximate surface area is 92.4 Å². The van der Waals surface area contributed by atoms with Crippen molar-refractivity contribution in [3.63, 3.8) is 0 Å². The zero-order chi connectivity index (χ0) is 10.7. The topological polar surface area (TPSA) is 40.5 Å². The van der Waals surface area contributed by atoms with Gasteiger partial charge in [0.2, 0.25) is 0 Å². The molecule has 1 aliphatic rings. The van der Waals surface area contributed by atoms with Crippen molar-refractivity contribution in [2.45, 2.75) is 0 Å². The highest BCUT2D eigenvalue weighted by atomic mass is 32.2. The molecule has 0 bridgehead atoms. The summed E-state index contributed by atoms with van der Waals surface area (Å²) >= 11 is 1.49. The van der Waals surface area contributed by atoms with Crippen LogP contribution < -0.4 is 0 Å². The standard InChI is InChI=1S/C11H11NO2S/c13-10(9-4-2-1-3-5-9)6-12-8-15-7-11(12)14/h1-5,7,14H,6,8H2. The van der Waals surface area contributed by atoms with Crippen molar-refractivity contribution >= 4 is 17.5 Å². The maximum Gasteiger partial charge on any atom is 0.194 e. The van der Waals surface area contributed by atoms with E-state index in [4.69, 9.17) is 0 Å². The molecule has 0 amide bonds. The molecular weight excluding hydrogens is 210 g/mol. The van der Waals surface area contributed by atoms with Gasteiger partial charge in [0.1, 0.15) is 0 Å². The van der Waals surface area contributed by atoms with E-state index in [1.807, 2.05) is 18.2 Å². The van der Waals surface area contributed by atoms with E-state index >= 15 is 0 Å². The van der Waals surface area contributed by atoms with Crippen LogP contribution in [0.15, 0.2) is 41.6 Å². The van der Waals surface area contributed by atoms with Gasteiger partial charge in [0.25, 0.3) is 0 Å². The van der Waals surface area contributed by atoms with E-state index in [-0.39, 0.29) is 18.2 Å². The number of hydrogen-bond acceptors (Lipinski definition) is 4. The Morgan fingerprint density at radius 3 is 2.73 bits per heavy atom. The van der Waals surface area contributed by atoms with Crippen molar-refractivity contribution in [3.05, 3.63) is 47.2 Å². The number of carbonyl (C=O) groups is 1. The van der Waals surface area contributed by atoms with Gasteiger partial charge in [0.15, 0.2) is 11.7 Å². The van der Waals surface area contributed by atoms with Crippen molar-refractivity contribution < 1.29 is 9.90 Å². The third kappa shape index (κ3) is 2.33. The van der Waals surface area contributed by atoms with Crippen LogP contribution in [0.2, 0.25) is 0 Å². The van der Waals surface area contributed by atoms with E-state index < -0.39 is 0 Å². The average molecular weight is 221 g/mol. The molecule has 0 aromatic heterocycles. The molecule has 4 heteroatoms. The zero-order valence-electron chi connectivity index (χ0n) is 8.09. The summed E-state index contributed by atoms with van der Waals surface area (Å²) in [5.74, 6) is 0.854. The predicted molar refractivity (Wildman–Crippen MR) is 60.6 cm³/mol. The minimum Gasteiger partial charge on any atom is -0.494 e. The maximum absolute atomic E-state index is 11.8. The minimum atomic E-state index is 0.0260. The number of hydrogen-bond donors (Lipinski definition) is 1. The number of aliphatic hydroxyl groups is 1. The van der Waals surface area contributed by atoms with E-state index in [1.54, 1.807) is 22.4 Å². The van der Waals surface area contributed by atoms with Crippen LogP contribution in [0, 0.1) is 0 Å². The molecule has 0 spiro atoms. The number of thioether (sulfide) groups is 1. The summed E-state index contributed by atoms with van der Waals surface area (Å²) < 4.78 is 0. The maximum atomic E-state index is 11.8. The number of ketones is 1. The van der Waals surface area contributed by atoms with Crippen molar-refractivity contribution in [1.29, 1.82) is 0 Å². The van der Waals surface area contributed by atoms with Gasteiger partial charge in [-0.15, -0.1) is 11.8 Å². The highest BCUT2D eigenvalue weighted by Crippen LogP contribution is 2.20. The first-order chi connectivity index (χ1) is 7.27. The summed E-state index contributed by atoms with van der Waals surface area (Å²) in [4.78, 5) is 13.4. The van der Waals surface area contributed by atoms with Gasteiger partial charge in [-0.05, 0) is 0 Å². The quantitative estimate of drug-likeness (QED) is 0.795. The molecule has 15 heavy (non-hydrogen) atoms. The van der Waals surface area contributed by atoms with Crippen LogP contribution in [0.4, 0.5) is 0 Å². The first-order valence-corrected chi connectivity index (χ1v) is 5.66. The number of nitrogens with zero attached hydrogens (tertiary/aromatic N) is 1. The average Bonchev–Trinajstić information content (AvgIpc) is 2.66. The Bertz CT molecular complexity index is 389. The number of rotatable bonds is 3. The van der Waals surface area contributed by atoms with Gasteiger partial charge in [0.05, 0.1) is 12.4 Å². The highest BCUT2D eigenvalue weighted by Gasteiger charge is 2.18. The summed E-state index contributed by atoms with van der Waals surface area (Å²) in [6.07, 6.45) is 0. The predicted octanol–water partition coefficient (Wildman–Crippen LogP) is 2.23. The van der Waals surface area contributed by atoms with E-state index in [9.17, 15) is 9.90 Å². The summed E-state index contributed by atoms with van der Waals surface area (Å²) in [5, 5.41) is 11.0. The number of aliphatic hydroxyl groups excluding tert-OH is 1. The number of benzene rings is 1. The lowest BCUT2D eigenvalue weighted by molar-refractivity contribution is 0.0932. The lowest BCUT2D eigenvalue weighted by Gasteiger charge is -2.15. The van der Waals surface area contributed by atoms with E-state index in [2.05, 4.69) is 0 Å². The van der Waals surface area contributed by atoms with E-state index in [0.717, 1.165) is 0 Å². The van der Waals surface area contributed by atoms with Gasteiger partial charge in [0, 0.05) is 11.0 Å². The molecule has 1 heterocycles. The number of carbonyl (C=O) groups excluding carboxylic acids is 1. The molecule has 0 atom stereocenters. The molecule has 2 rings (SSSR count). The third-order valence-corrected chi connectivity index (χ3v) is 3.01. The summed E-state index contributed by atoms with van der Waals surface area (Å²) in [6.45, 7) is 0.235. The monoisotopic (exact) mass is 221 g/mol. The molecule has 0 fully saturated rings. The first kappa shape index (κ1) is 10.1.